The summed E-state index contributed by atoms with van der Waals surface area (Å²) in [6, 6.07) is 13.2. The van der Waals surface area contributed by atoms with Crippen LogP contribution in [0.5, 0.6) is 5.75 Å². The first-order valence-electron chi connectivity index (χ1n) is 15.0. The van der Waals surface area contributed by atoms with E-state index in [-0.39, 0.29) is 36.0 Å². The van der Waals surface area contributed by atoms with E-state index in [1.54, 1.807) is 84.4 Å². The third-order valence-electron chi connectivity index (χ3n) is 8.05. The van der Waals surface area contributed by atoms with Crippen LogP contribution in [0.2, 0.25) is 5.02 Å². The molecule has 4 amide bonds. The van der Waals surface area contributed by atoms with E-state index >= 15 is 0 Å². The number of carbonyl (C=O) groups excluding carboxylic acids is 4. The van der Waals surface area contributed by atoms with E-state index in [2.05, 4.69) is 0 Å². The predicted octanol–water partition coefficient (Wildman–Crippen LogP) is 4.95. The van der Waals surface area contributed by atoms with Crippen molar-refractivity contribution >= 4 is 46.2 Å². The Balaban J connectivity index is 1.55. The number of rotatable bonds is 5. The molecule has 1 aliphatic rings. The van der Waals surface area contributed by atoms with Gasteiger partial charge >= 0.3 is 0 Å². The molecule has 1 aromatic heterocycles. The molecule has 4 rings (SSSR count). The van der Waals surface area contributed by atoms with Crippen molar-refractivity contribution in [1.29, 1.82) is 0 Å². The van der Waals surface area contributed by atoms with Gasteiger partial charge in [-0.3, -0.25) is 19.2 Å². The predicted molar refractivity (Wildman–Crippen MR) is 169 cm³/mol. The van der Waals surface area contributed by atoms with Crippen molar-refractivity contribution in [3.05, 3.63) is 64.9 Å². The van der Waals surface area contributed by atoms with Crippen LogP contribution in [0, 0.1) is 0 Å². The number of likely N-dealkylation sites (N-methyl/N-ethyl adjacent to an activating group) is 2. The second kappa shape index (κ2) is 15.1. The van der Waals surface area contributed by atoms with E-state index in [4.69, 9.17) is 20.8 Å². The van der Waals surface area contributed by atoms with E-state index in [1.807, 2.05) is 0 Å². The maximum absolute atomic E-state index is 13.7. The first kappa shape index (κ1) is 32.9. The molecule has 0 aliphatic carbocycles. The van der Waals surface area contributed by atoms with Gasteiger partial charge in [0.15, 0.2) is 5.76 Å². The average molecular weight is 625 g/mol. The summed E-state index contributed by atoms with van der Waals surface area (Å²) in [4.78, 5) is 59.2. The number of hydrogen-bond donors (Lipinski definition) is 0. The highest BCUT2D eigenvalue weighted by atomic mass is 35.5. The highest BCUT2D eigenvalue weighted by Gasteiger charge is 2.31. The lowest BCUT2D eigenvalue weighted by molar-refractivity contribution is -0.134. The van der Waals surface area contributed by atoms with Crippen LogP contribution in [0.15, 0.2) is 52.9 Å². The number of hydrogen-bond acceptors (Lipinski definition) is 6. The number of nitrogens with zero attached hydrogens (tertiary/aromatic N) is 4. The Labute approximate surface area is 263 Å². The van der Waals surface area contributed by atoms with Gasteiger partial charge in [0.1, 0.15) is 17.4 Å². The zero-order valence-corrected chi connectivity index (χ0v) is 26.6. The van der Waals surface area contributed by atoms with Crippen molar-refractivity contribution in [3.8, 4) is 5.75 Å². The van der Waals surface area contributed by atoms with Crippen LogP contribution in [0.25, 0.3) is 11.0 Å². The topological polar surface area (TPSA) is 104 Å². The van der Waals surface area contributed by atoms with Crippen LogP contribution in [0.3, 0.4) is 0 Å². The Hall–Kier alpha value is -4.05. The molecule has 0 bridgehead atoms. The molecule has 2 heterocycles. The summed E-state index contributed by atoms with van der Waals surface area (Å²) in [5.41, 5.74) is 0.946. The SMILES string of the molecule is CC(=O)N(C)CCC[C@H]1C(=O)N(C)CCCCN(C(=O)c2cc3cc(Cl)ccc3o2)CCCOc2ccccc2C(=O)N1C. The maximum Gasteiger partial charge on any atom is 0.289 e. The minimum absolute atomic E-state index is 0.0563. The normalized spacial score (nSPS) is 17.4. The van der Waals surface area contributed by atoms with Gasteiger partial charge in [0, 0.05) is 64.7 Å². The number of fused-ring (bicyclic) bond motifs is 2. The fraction of sp³-hybridized carbons (Fsp3) is 0.455. The molecular weight excluding hydrogens is 584 g/mol. The Morgan fingerprint density at radius 1 is 1.00 bits per heavy atom. The highest BCUT2D eigenvalue weighted by molar-refractivity contribution is 6.31. The Kier molecular flexibility index (Phi) is 11.3. The van der Waals surface area contributed by atoms with Gasteiger partial charge in [-0.1, -0.05) is 23.7 Å². The van der Waals surface area contributed by atoms with Gasteiger partial charge in [-0.25, -0.2) is 0 Å². The van der Waals surface area contributed by atoms with Gasteiger partial charge in [-0.2, -0.15) is 0 Å². The lowest BCUT2D eigenvalue weighted by Crippen LogP contribution is -2.49. The van der Waals surface area contributed by atoms with Crippen LogP contribution in [-0.4, -0.2) is 103 Å². The van der Waals surface area contributed by atoms with E-state index in [0.29, 0.717) is 80.2 Å². The molecule has 0 unspecified atom stereocenters. The summed E-state index contributed by atoms with van der Waals surface area (Å²) in [7, 11) is 5.09. The highest BCUT2D eigenvalue weighted by Crippen LogP contribution is 2.25. The molecule has 2 aromatic carbocycles. The summed E-state index contributed by atoms with van der Waals surface area (Å²) in [5, 5.41) is 1.32. The molecule has 0 saturated heterocycles. The van der Waals surface area contributed by atoms with Crippen molar-refractivity contribution < 1.29 is 28.3 Å². The molecule has 236 valence electrons. The summed E-state index contributed by atoms with van der Waals surface area (Å²) in [5.74, 6) is -0.122. The molecule has 0 N–H and O–H groups in total. The second-order valence-corrected chi connectivity index (χ2v) is 11.7. The molecule has 10 nitrogen and oxygen atoms in total. The molecule has 0 fully saturated rings. The second-order valence-electron chi connectivity index (χ2n) is 11.3. The monoisotopic (exact) mass is 624 g/mol. The van der Waals surface area contributed by atoms with Crippen LogP contribution in [0.4, 0.5) is 0 Å². The zero-order valence-electron chi connectivity index (χ0n) is 25.9. The molecule has 0 radical (unpaired) electrons. The molecule has 3 aromatic rings. The zero-order chi connectivity index (χ0) is 31.8. The van der Waals surface area contributed by atoms with E-state index in [0.717, 1.165) is 5.39 Å². The van der Waals surface area contributed by atoms with Crippen LogP contribution < -0.4 is 4.74 Å². The fourth-order valence-electron chi connectivity index (χ4n) is 5.31. The van der Waals surface area contributed by atoms with Crippen molar-refractivity contribution in [2.75, 3.05) is 53.9 Å². The van der Waals surface area contributed by atoms with Gasteiger partial charge < -0.3 is 28.8 Å². The Morgan fingerprint density at radius 3 is 2.50 bits per heavy atom. The van der Waals surface area contributed by atoms with Gasteiger partial charge in [-0.15, -0.1) is 0 Å². The first-order chi connectivity index (χ1) is 21.1. The van der Waals surface area contributed by atoms with Gasteiger partial charge in [0.05, 0.1) is 12.2 Å². The standard InChI is InChI=1S/C33H41ClN4O6/c1-23(39)35(2)17-9-12-27-32(41)36(3)16-7-8-18-38(33(42)30-22-24-21-25(34)14-15-28(24)44-30)19-10-20-43-29-13-6-5-11-26(29)31(40)37(27)4/h5-6,11,13-15,21-22,27H,7-10,12,16-20H2,1-4H3/t27-/m0/s1. The number of para-hydroxylation sites is 1. The number of ether oxygens (including phenoxy) is 1. The van der Waals surface area contributed by atoms with Gasteiger partial charge in [0.25, 0.3) is 11.8 Å². The quantitative estimate of drug-likeness (QED) is 0.398. The van der Waals surface area contributed by atoms with Crippen LogP contribution >= 0.6 is 11.6 Å². The van der Waals surface area contributed by atoms with Crippen LogP contribution in [0.1, 0.15) is 59.9 Å². The summed E-state index contributed by atoms with van der Waals surface area (Å²) < 4.78 is 11.9. The van der Waals surface area contributed by atoms with Crippen molar-refractivity contribution in [2.24, 2.45) is 0 Å². The van der Waals surface area contributed by atoms with Crippen molar-refractivity contribution in [3.63, 3.8) is 0 Å². The number of furan rings is 1. The average Bonchev–Trinajstić information content (AvgIpc) is 3.43. The van der Waals surface area contributed by atoms with Gasteiger partial charge in [0.2, 0.25) is 11.8 Å². The van der Waals surface area contributed by atoms with Crippen LogP contribution in [-0.2, 0) is 9.59 Å². The molecule has 1 aliphatic heterocycles. The lowest BCUT2D eigenvalue weighted by atomic mass is 10.1. The van der Waals surface area contributed by atoms with Crippen molar-refractivity contribution in [1.82, 2.24) is 19.6 Å². The Morgan fingerprint density at radius 2 is 1.73 bits per heavy atom. The maximum atomic E-state index is 13.7. The number of halogens is 1. The van der Waals surface area contributed by atoms with Crippen molar-refractivity contribution in [2.45, 2.75) is 45.1 Å². The van der Waals surface area contributed by atoms with Gasteiger partial charge in [-0.05, 0) is 68.5 Å². The third-order valence-corrected chi connectivity index (χ3v) is 8.29. The summed E-state index contributed by atoms with van der Waals surface area (Å²) >= 11 is 6.12. The molecule has 1 atom stereocenters. The molecule has 0 spiro atoms. The summed E-state index contributed by atoms with van der Waals surface area (Å²) in [6.07, 6.45) is 2.83. The number of benzene rings is 2. The minimum atomic E-state index is -0.714. The lowest BCUT2D eigenvalue weighted by Gasteiger charge is -2.32. The van der Waals surface area contributed by atoms with E-state index < -0.39 is 6.04 Å². The minimum Gasteiger partial charge on any atom is -0.493 e. The number of carbonyl (C=O) groups is 4. The first-order valence-corrected chi connectivity index (χ1v) is 15.4. The fourth-order valence-corrected chi connectivity index (χ4v) is 5.49. The van der Waals surface area contributed by atoms with E-state index in [1.165, 1.54) is 11.8 Å². The molecule has 11 heteroatoms. The van der Waals surface area contributed by atoms with E-state index in [9.17, 15) is 19.2 Å². The smallest absolute Gasteiger partial charge is 0.289 e. The number of amides is 4. The molecule has 0 saturated carbocycles. The summed E-state index contributed by atoms with van der Waals surface area (Å²) in [6.45, 7) is 3.64. The molecular formula is C33H41ClN4O6. The Bertz CT molecular complexity index is 1490. The molecule has 44 heavy (non-hydrogen) atoms. The third kappa shape index (κ3) is 8.11. The largest absolute Gasteiger partial charge is 0.493 e.